The number of carboxylic acid groups (broad SMARTS) is 1. The third-order valence-corrected chi connectivity index (χ3v) is 8.04. The van der Waals surface area contributed by atoms with Crippen LogP contribution in [-0.2, 0) is 9.59 Å². The van der Waals surface area contributed by atoms with Crippen molar-refractivity contribution in [3.8, 4) is 0 Å². The van der Waals surface area contributed by atoms with Crippen LogP contribution in [0.15, 0.2) is 23.9 Å². The van der Waals surface area contributed by atoms with E-state index in [0.29, 0.717) is 11.6 Å². The lowest BCUT2D eigenvalue weighted by molar-refractivity contribution is -0.137. The second-order valence-corrected chi connectivity index (χ2v) is 12.9. The van der Waals surface area contributed by atoms with Gasteiger partial charge in [0.1, 0.15) is 17.6 Å². The molecule has 222 valence electrons. The van der Waals surface area contributed by atoms with Crippen LogP contribution >= 0.6 is 11.8 Å². The van der Waals surface area contributed by atoms with E-state index in [0.717, 1.165) is 29.9 Å². The summed E-state index contributed by atoms with van der Waals surface area (Å²) in [5.74, 6) is 3.55. The van der Waals surface area contributed by atoms with Crippen LogP contribution in [0.3, 0.4) is 0 Å². The third kappa shape index (κ3) is 17.3. The Morgan fingerprint density at radius 1 is 1.03 bits per heavy atom. The predicted molar refractivity (Wildman–Crippen MR) is 167 cm³/mol. The smallest absolute Gasteiger partial charge is 0.327 e. The van der Waals surface area contributed by atoms with E-state index in [1.165, 1.54) is 63.9 Å². The minimum absolute atomic E-state index is 0.0243. The van der Waals surface area contributed by atoms with E-state index < -0.39 is 12.0 Å². The van der Waals surface area contributed by atoms with E-state index in [2.05, 4.69) is 56.0 Å². The van der Waals surface area contributed by atoms with Gasteiger partial charge in [-0.1, -0.05) is 84.3 Å². The van der Waals surface area contributed by atoms with Crippen molar-refractivity contribution in [2.45, 2.75) is 105 Å². The Morgan fingerprint density at radius 3 is 2.23 bits per heavy atom. The Kier molecular flexibility index (Phi) is 17.8. The molecule has 3 atom stereocenters. The first-order valence-corrected chi connectivity index (χ1v) is 15.9. The van der Waals surface area contributed by atoms with Crippen LogP contribution in [0.5, 0.6) is 0 Å². The van der Waals surface area contributed by atoms with Gasteiger partial charge in [0, 0.05) is 24.8 Å². The van der Waals surface area contributed by atoms with Crippen molar-refractivity contribution in [1.29, 1.82) is 0 Å². The molecule has 0 amide bonds. The molecule has 0 spiro atoms. The molecular weight excluding hydrogens is 508 g/mol. The van der Waals surface area contributed by atoms with Crippen molar-refractivity contribution in [2.75, 3.05) is 35.3 Å². The molecule has 0 bridgehead atoms. The fourth-order valence-corrected chi connectivity index (χ4v) is 5.57. The third-order valence-electron chi connectivity index (χ3n) is 7.07. The zero-order valence-corrected chi connectivity index (χ0v) is 26.4. The van der Waals surface area contributed by atoms with E-state index in [9.17, 15) is 14.7 Å². The number of likely N-dealkylation sites (N-methyl/N-ethyl adjacent to an activating group) is 1. The summed E-state index contributed by atoms with van der Waals surface area (Å²) in [5, 5.41) is 12.6. The van der Waals surface area contributed by atoms with Gasteiger partial charge in [0.2, 0.25) is 5.95 Å². The molecule has 8 heteroatoms. The molecule has 7 nitrogen and oxygen atoms in total. The number of Topliss-reactive ketones (excluding diaryl/α,β-unsaturated/α-hetero) is 1. The lowest BCUT2D eigenvalue weighted by atomic mass is 9.91. The number of anilines is 2. The molecule has 0 aliphatic carbocycles. The van der Waals surface area contributed by atoms with E-state index >= 15 is 0 Å². The second kappa shape index (κ2) is 19.9. The Morgan fingerprint density at radius 2 is 1.64 bits per heavy atom. The minimum atomic E-state index is -0.937. The molecule has 0 saturated heterocycles. The summed E-state index contributed by atoms with van der Waals surface area (Å²) in [4.78, 5) is 33.4. The topological polar surface area (TPSA) is 95.4 Å². The number of thioether (sulfide) groups is 1. The van der Waals surface area contributed by atoms with E-state index in [1.807, 2.05) is 0 Å². The van der Waals surface area contributed by atoms with Crippen molar-refractivity contribution in [1.82, 2.24) is 9.97 Å². The average Bonchev–Trinajstić information content (AvgIpc) is 2.85. The maximum absolute atomic E-state index is 11.8. The normalized spacial score (nSPS) is 14.2. The highest BCUT2D eigenvalue weighted by Crippen LogP contribution is 2.22. The molecule has 3 unspecified atom stereocenters. The summed E-state index contributed by atoms with van der Waals surface area (Å²) >= 11 is 1.59. The van der Waals surface area contributed by atoms with Gasteiger partial charge in [-0.3, -0.25) is 4.79 Å². The molecule has 2 N–H and O–H groups in total. The van der Waals surface area contributed by atoms with Crippen LogP contribution in [-0.4, -0.2) is 58.0 Å². The summed E-state index contributed by atoms with van der Waals surface area (Å²) in [5.41, 5.74) is 1.37. The Hall–Kier alpha value is -2.09. The number of rotatable bonds is 22. The predicted octanol–water partition coefficient (Wildman–Crippen LogP) is 7.49. The molecule has 0 saturated carbocycles. The highest BCUT2D eigenvalue weighted by Gasteiger charge is 2.19. The van der Waals surface area contributed by atoms with E-state index in [4.69, 9.17) is 0 Å². The van der Waals surface area contributed by atoms with Gasteiger partial charge in [0.25, 0.3) is 0 Å². The number of hydrogen-bond donors (Lipinski definition) is 2. The number of carbonyl (C=O) groups excluding carboxylic acids is 1. The molecular formula is C31H54N4O3S. The minimum Gasteiger partial charge on any atom is -0.480 e. The monoisotopic (exact) mass is 562 g/mol. The summed E-state index contributed by atoms with van der Waals surface area (Å²) in [6.45, 7) is 13.3. The number of aromatic nitrogens is 2. The lowest BCUT2D eigenvalue weighted by Gasteiger charge is -2.18. The SMILES string of the molecule is CC(=O)CN(C)c1ccnc(NC(CSC/C=C(\C)CCCC(C)CCCC(C)CCCC(C)C)C(=O)O)n1. The van der Waals surface area contributed by atoms with Crippen LogP contribution in [0, 0.1) is 17.8 Å². The van der Waals surface area contributed by atoms with E-state index in [-0.39, 0.29) is 18.3 Å². The molecule has 1 rings (SSSR count). The van der Waals surface area contributed by atoms with Gasteiger partial charge in [-0.25, -0.2) is 9.78 Å². The maximum Gasteiger partial charge on any atom is 0.327 e. The van der Waals surface area contributed by atoms with Crippen LogP contribution in [0.2, 0.25) is 0 Å². The standard InChI is InChI=1S/C31H54N4O3S/c1-23(2)11-8-12-24(3)13-9-14-25(4)15-10-16-26(5)18-20-39-22-28(30(37)38)33-31-32-19-17-29(34-31)35(7)21-27(6)36/h17-19,23-25,28H,8-16,20-22H2,1-7H3,(H,37,38)(H,32,33,34)/b26-18+. The summed E-state index contributed by atoms with van der Waals surface area (Å²) in [6, 6.07) is 0.902. The van der Waals surface area contributed by atoms with Crippen LogP contribution < -0.4 is 10.2 Å². The highest BCUT2D eigenvalue weighted by molar-refractivity contribution is 7.99. The summed E-state index contributed by atoms with van der Waals surface area (Å²) < 4.78 is 0. The molecule has 0 radical (unpaired) electrons. The van der Waals surface area contributed by atoms with Gasteiger partial charge in [0.05, 0.1) is 6.54 Å². The van der Waals surface area contributed by atoms with Crippen LogP contribution in [0.25, 0.3) is 0 Å². The first-order valence-electron chi connectivity index (χ1n) is 14.7. The number of hydrogen-bond acceptors (Lipinski definition) is 7. The maximum atomic E-state index is 11.8. The molecule has 1 aromatic rings. The molecule has 1 heterocycles. The molecule has 0 aliphatic rings. The fraction of sp³-hybridized carbons (Fsp3) is 0.742. The second-order valence-electron chi connectivity index (χ2n) is 11.8. The highest BCUT2D eigenvalue weighted by atomic mass is 32.2. The van der Waals surface area contributed by atoms with Crippen molar-refractivity contribution in [2.24, 2.45) is 17.8 Å². The first-order chi connectivity index (χ1) is 18.5. The summed E-state index contributed by atoms with van der Waals surface area (Å²) in [7, 11) is 1.77. The molecule has 0 aliphatic heterocycles. The Balaban J connectivity index is 2.31. The van der Waals surface area contributed by atoms with Crippen molar-refractivity contribution in [3.63, 3.8) is 0 Å². The first kappa shape index (κ1) is 34.9. The van der Waals surface area contributed by atoms with Gasteiger partial charge in [-0.05, 0) is 50.5 Å². The van der Waals surface area contributed by atoms with Gasteiger partial charge in [0.15, 0.2) is 0 Å². The summed E-state index contributed by atoms with van der Waals surface area (Å²) in [6.07, 6.45) is 15.5. The van der Waals surface area contributed by atoms with Gasteiger partial charge >= 0.3 is 5.97 Å². The van der Waals surface area contributed by atoms with Crippen molar-refractivity contribution < 1.29 is 14.7 Å². The molecule has 0 aromatic carbocycles. The van der Waals surface area contributed by atoms with Gasteiger partial charge in [-0.2, -0.15) is 16.7 Å². The average molecular weight is 563 g/mol. The van der Waals surface area contributed by atoms with Crippen molar-refractivity contribution >= 4 is 35.3 Å². The quantitative estimate of drug-likeness (QED) is 0.111. The zero-order chi connectivity index (χ0) is 29.2. The fourth-order valence-electron chi connectivity index (χ4n) is 4.57. The number of nitrogens with zero attached hydrogens (tertiary/aromatic N) is 3. The number of nitrogens with one attached hydrogen (secondary N) is 1. The number of carbonyl (C=O) groups is 2. The molecule has 0 fully saturated rings. The van der Waals surface area contributed by atoms with E-state index in [1.54, 1.807) is 36.0 Å². The van der Waals surface area contributed by atoms with Crippen LogP contribution in [0.1, 0.15) is 99.3 Å². The number of aliphatic carboxylic acids is 1. The molecule has 1 aromatic heterocycles. The zero-order valence-electron chi connectivity index (χ0n) is 25.5. The number of allylic oxidation sites excluding steroid dienone is 1. The number of carboxylic acids is 1. The lowest BCUT2D eigenvalue weighted by Crippen LogP contribution is -2.33. The van der Waals surface area contributed by atoms with Crippen molar-refractivity contribution in [3.05, 3.63) is 23.9 Å². The molecule has 39 heavy (non-hydrogen) atoms. The Bertz CT molecular complexity index is 877. The van der Waals surface area contributed by atoms with Gasteiger partial charge in [-0.15, -0.1) is 0 Å². The van der Waals surface area contributed by atoms with Gasteiger partial charge < -0.3 is 15.3 Å². The van der Waals surface area contributed by atoms with Crippen LogP contribution in [0.4, 0.5) is 11.8 Å². The largest absolute Gasteiger partial charge is 0.480 e. The number of ketones is 1. The Labute approximate surface area is 242 Å².